The fourth-order valence-electron chi connectivity index (χ4n) is 3.96. The highest BCUT2D eigenvalue weighted by Crippen LogP contribution is 2.17. The maximum absolute atomic E-state index is 10.6. The van der Waals surface area contributed by atoms with Gasteiger partial charge in [0, 0.05) is 18.7 Å². The van der Waals surface area contributed by atoms with Crippen LogP contribution in [0.25, 0.3) is 0 Å². The average molecular weight is 480 g/mol. The van der Waals surface area contributed by atoms with Crippen molar-refractivity contribution in [1.82, 2.24) is 0 Å². The molecule has 0 radical (unpaired) electrons. The summed E-state index contributed by atoms with van der Waals surface area (Å²) in [6, 6.07) is 6.06. The van der Waals surface area contributed by atoms with Crippen LogP contribution >= 0.6 is 0 Å². The van der Waals surface area contributed by atoms with Gasteiger partial charge in [0.15, 0.2) is 0 Å². The van der Waals surface area contributed by atoms with E-state index >= 15 is 0 Å². The fraction of sp³-hybridized carbons (Fsp3) is 0.786. The van der Waals surface area contributed by atoms with Crippen molar-refractivity contribution in [2.24, 2.45) is 0 Å². The van der Waals surface area contributed by atoms with Gasteiger partial charge in [0.1, 0.15) is 12.4 Å². The van der Waals surface area contributed by atoms with Crippen LogP contribution < -0.4 is 4.74 Å². The summed E-state index contributed by atoms with van der Waals surface area (Å²) in [4.78, 5) is 10.2. The average Bonchev–Trinajstić information content (AvgIpc) is 2.84. The lowest BCUT2D eigenvalue weighted by molar-refractivity contribution is -0.384. The van der Waals surface area contributed by atoms with Crippen LogP contribution in [0, 0.1) is 10.1 Å². The summed E-state index contributed by atoms with van der Waals surface area (Å²) in [6.07, 6.45) is 22.1. The van der Waals surface area contributed by atoms with Gasteiger partial charge in [-0.3, -0.25) is 10.1 Å². The molecular weight excluding hydrogens is 430 g/mol. The van der Waals surface area contributed by atoms with Gasteiger partial charge in [-0.15, -0.1) is 0 Å². The van der Waals surface area contributed by atoms with Gasteiger partial charge in [-0.05, 0) is 18.6 Å². The van der Waals surface area contributed by atoms with Crippen molar-refractivity contribution in [2.45, 2.75) is 110 Å². The first-order valence-electron chi connectivity index (χ1n) is 13.8. The Hall–Kier alpha value is -1.66. The molecule has 6 nitrogen and oxygen atoms in total. The molecule has 0 fully saturated rings. The Kier molecular flexibility index (Phi) is 20.6. The zero-order valence-electron chi connectivity index (χ0n) is 21.6. The number of hydrogen-bond acceptors (Lipinski definition) is 5. The van der Waals surface area contributed by atoms with Crippen molar-refractivity contribution in [3.63, 3.8) is 0 Å². The van der Waals surface area contributed by atoms with Crippen LogP contribution in [0.15, 0.2) is 24.3 Å². The van der Waals surface area contributed by atoms with Crippen molar-refractivity contribution in [3.8, 4) is 5.75 Å². The molecular formula is C28H49NO5. The first kappa shape index (κ1) is 30.4. The number of nitro groups is 1. The summed E-state index contributed by atoms with van der Waals surface area (Å²) < 4.78 is 16.6. The third-order valence-corrected chi connectivity index (χ3v) is 6.06. The quantitative estimate of drug-likeness (QED) is 0.0801. The molecule has 0 heterocycles. The third-order valence-electron chi connectivity index (χ3n) is 6.06. The Morgan fingerprint density at radius 3 is 1.47 bits per heavy atom. The number of ether oxygens (including phenoxy) is 3. The summed E-state index contributed by atoms with van der Waals surface area (Å²) in [6.45, 7) is 5.14. The first-order valence-corrected chi connectivity index (χ1v) is 13.8. The SMILES string of the molecule is CCCCCCCCCCCCCCCCCCOCCOCCOc1ccc([N+](=O)[O-])cc1. The molecule has 196 valence electrons. The standard InChI is InChI=1S/C28H49NO5/c1-2-3-4-5-6-7-8-9-10-11-12-13-14-15-16-17-22-32-23-24-33-25-26-34-28-20-18-27(19-21-28)29(30)31/h18-21H,2-17,22-26H2,1H3. The monoisotopic (exact) mass is 479 g/mol. The summed E-state index contributed by atoms with van der Waals surface area (Å²) in [5.74, 6) is 0.606. The maximum Gasteiger partial charge on any atom is 0.269 e. The molecule has 0 amide bonds. The Labute approximate surface area is 207 Å². The molecule has 0 bridgehead atoms. The Balaban J connectivity index is 1.71. The van der Waals surface area contributed by atoms with Gasteiger partial charge in [0.25, 0.3) is 5.69 Å². The molecule has 0 aliphatic carbocycles. The Morgan fingerprint density at radius 2 is 1.00 bits per heavy atom. The molecule has 34 heavy (non-hydrogen) atoms. The number of unbranched alkanes of at least 4 members (excludes halogenated alkanes) is 15. The van der Waals surface area contributed by atoms with E-state index in [1.807, 2.05) is 0 Å². The van der Waals surface area contributed by atoms with Crippen molar-refractivity contribution in [1.29, 1.82) is 0 Å². The lowest BCUT2D eigenvalue weighted by Crippen LogP contribution is -2.11. The highest BCUT2D eigenvalue weighted by atomic mass is 16.6. The summed E-state index contributed by atoms with van der Waals surface area (Å²) in [5, 5.41) is 10.6. The lowest BCUT2D eigenvalue weighted by Gasteiger charge is -2.08. The summed E-state index contributed by atoms with van der Waals surface area (Å²) in [7, 11) is 0. The van der Waals surface area contributed by atoms with Gasteiger partial charge in [-0.1, -0.05) is 103 Å². The molecule has 0 aliphatic heterocycles. The molecule has 0 aliphatic rings. The molecule has 1 aromatic carbocycles. The van der Waals surface area contributed by atoms with Gasteiger partial charge >= 0.3 is 0 Å². The molecule has 0 saturated carbocycles. The topological polar surface area (TPSA) is 70.8 Å². The molecule has 0 atom stereocenters. The molecule has 1 rings (SSSR count). The normalized spacial score (nSPS) is 11.1. The maximum atomic E-state index is 10.6. The molecule has 6 heteroatoms. The minimum absolute atomic E-state index is 0.0603. The van der Waals surface area contributed by atoms with Gasteiger partial charge in [-0.25, -0.2) is 0 Å². The van der Waals surface area contributed by atoms with E-state index in [0.717, 1.165) is 13.0 Å². The van der Waals surface area contributed by atoms with Crippen LogP contribution in [-0.2, 0) is 9.47 Å². The second-order valence-electron chi connectivity index (χ2n) is 9.13. The molecule has 0 unspecified atom stereocenters. The van der Waals surface area contributed by atoms with E-state index in [1.54, 1.807) is 12.1 Å². The van der Waals surface area contributed by atoms with Crippen LogP contribution in [0.3, 0.4) is 0 Å². The zero-order valence-corrected chi connectivity index (χ0v) is 21.6. The lowest BCUT2D eigenvalue weighted by atomic mass is 10.0. The van der Waals surface area contributed by atoms with Crippen LogP contribution in [-0.4, -0.2) is 38.0 Å². The van der Waals surface area contributed by atoms with Gasteiger partial charge in [-0.2, -0.15) is 0 Å². The summed E-state index contributed by atoms with van der Waals surface area (Å²) in [5.41, 5.74) is 0.0603. The van der Waals surface area contributed by atoms with Crippen LogP contribution in [0.4, 0.5) is 5.69 Å². The van der Waals surface area contributed by atoms with Crippen LogP contribution in [0.5, 0.6) is 5.75 Å². The zero-order chi connectivity index (χ0) is 24.5. The first-order chi connectivity index (χ1) is 16.7. The van der Waals surface area contributed by atoms with E-state index in [4.69, 9.17) is 14.2 Å². The minimum atomic E-state index is -0.424. The van der Waals surface area contributed by atoms with Gasteiger partial charge < -0.3 is 14.2 Å². The largest absolute Gasteiger partial charge is 0.491 e. The molecule has 1 aromatic rings. The van der Waals surface area contributed by atoms with E-state index in [2.05, 4.69) is 6.92 Å². The van der Waals surface area contributed by atoms with Crippen molar-refractivity contribution < 1.29 is 19.1 Å². The van der Waals surface area contributed by atoms with E-state index in [0.29, 0.717) is 32.2 Å². The number of non-ortho nitro benzene ring substituents is 1. The number of hydrogen-bond donors (Lipinski definition) is 0. The highest BCUT2D eigenvalue weighted by Gasteiger charge is 2.04. The van der Waals surface area contributed by atoms with Crippen molar-refractivity contribution in [3.05, 3.63) is 34.4 Å². The van der Waals surface area contributed by atoms with E-state index in [1.165, 1.54) is 108 Å². The van der Waals surface area contributed by atoms with E-state index in [9.17, 15) is 10.1 Å². The smallest absolute Gasteiger partial charge is 0.269 e. The number of nitrogens with zero attached hydrogens (tertiary/aromatic N) is 1. The van der Waals surface area contributed by atoms with Crippen LogP contribution in [0.2, 0.25) is 0 Å². The Bertz CT molecular complexity index is 579. The summed E-state index contributed by atoms with van der Waals surface area (Å²) >= 11 is 0. The number of rotatable bonds is 25. The predicted octanol–water partition coefficient (Wildman–Crippen LogP) is 8.27. The predicted molar refractivity (Wildman–Crippen MR) is 140 cm³/mol. The van der Waals surface area contributed by atoms with Crippen molar-refractivity contribution >= 4 is 5.69 Å². The third kappa shape index (κ3) is 18.7. The van der Waals surface area contributed by atoms with Gasteiger partial charge in [0.2, 0.25) is 0 Å². The van der Waals surface area contributed by atoms with E-state index in [-0.39, 0.29) is 5.69 Å². The molecule has 0 N–H and O–H groups in total. The molecule has 0 saturated heterocycles. The van der Waals surface area contributed by atoms with Crippen molar-refractivity contribution in [2.75, 3.05) is 33.0 Å². The number of benzene rings is 1. The fourth-order valence-corrected chi connectivity index (χ4v) is 3.96. The Morgan fingerprint density at radius 1 is 0.588 bits per heavy atom. The van der Waals surface area contributed by atoms with E-state index < -0.39 is 4.92 Å². The highest BCUT2D eigenvalue weighted by molar-refractivity contribution is 5.35. The molecule has 0 spiro atoms. The van der Waals surface area contributed by atoms with Crippen LogP contribution in [0.1, 0.15) is 110 Å². The minimum Gasteiger partial charge on any atom is -0.491 e. The second-order valence-corrected chi connectivity index (χ2v) is 9.13. The molecule has 0 aromatic heterocycles. The van der Waals surface area contributed by atoms with Gasteiger partial charge in [0.05, 0.1) is 24.7 Å². The number of nitro benzene ring substituents is 1. The second kappa shape index (κ2) is 23.1.